The molecule has 2 aromatic rings. The average Bonchev–Trinajstić information content (AvgIpc) is 3.26. The van der Waals surface area contributed by atoms with Crippen molar-refractivity contribution in [2.24, 2.45) is 11.8 Å². The standard InChI is InChI=1S/C23H29N5O5S/c1-16(17-7-11-27(12-8-17)22(29)25-21-4-3-10-24-26-21)15-33-23(30)28-13-9-18-14-19(34(2,31)32)5-6-20(18)28/h3-6,10,14,16-17H,7-9,11-13,15H2,1-2H3,(H,25,26,29). The van der Waals surface area contributed by atoms with Gasteiger partial charge < -0.3 is 9.64 Å². The van der Waals surface area contributed by atoms with Gasteiger partial charge in [-0.3, -0.25) is 10.2 Å². The summed E-state index contributed by atoms with van der Waals surface area (Å²) in [6, 6.07) is 8.05. The van der Waals surface area contributed by atoms with Gasteiger partial charge in [-0.05, 0) is 67.0 Å². The first-order chi connectivity index (χ1) is 16.2. The van der Waals surface area contributed by atoms with Gasteiger partial charge in [0.15, 0.2) is 15.7 Å². The largest absolute Gasteiger partial charge is 0.449 e. The van der Waals surface area contributed by atoms with Crippen LogP contribution in [0.4, 0.5) is 21.1 Å². The Morgan fingerprint density at radius 2 is 1.97 bits per heavy atom. The van der Waals surface area contributed by atoms with Crippen LogP contribution in [0.25, 0.3) is 0 Å². The number of hydrogen-bond donors (Lipinski definition) is 1. The zero-order valence-corrected chi connectivity index (χ0v) is 20.1. The number of rotatable bonds is 5. The Hall–Kier alpha value is -3.21. The van der Waals surface area contributed by atoms with Crippen LogP contribution in [-0.4, -0.2) is 68.1 Å². The van der Waals surface area contributed by atoms with Gasteiger partial charge in [-0.15, -0.1) is 5.10 Å². The SMILES string of the molecule is CC(COC(=O)N1CCc2cc(S(C)(=O)=O)ccc21)C1CCN(C(=O)Nc2cccnn2)CC1. The Kier molecular flexibility index (Phi) is 7.01. The molecule has 1 aromatic carbocycles. The van der Waals surface area contributed by atoms with Crippen LogP contribution in [0.15, 0.2) is 41.4 Å². The van der Waals surface area contributed by atoms with Crippen LogP contribution in [0.5, 0.6) is 0 Å². The van der Waals surface area contributed by atoms with Crippen molar-refractivity contribution in [3.05, 3.63) is 42.1 Å². The number of nitrogens with zero attached hydrogens (tertiary/aromatic N) is 4. The third-order valence-corrected chi connectivity index (χ3v) is 7.61. The Morgan fingerprint density at radius 3 is 2.65 bits per heavy atom. The Bertz CT molecular complexity index is 1150. The number of piperidine rings is 1. The summed E-state index contributed by atoms with van der Waals surface area (Å²) in [4.78, 5) is 28.7. The van der Waals surface area contributed by atoms with Gasteiger partial charge in [0.1, 0.15) is 0 Å². The van der Waals surface area contributed by atoms with Crippen LogP contribution in [0.2, 0.25) is 0 Å². The molecule has 0 radical (unpaired) electrons. The molecule has 4 rings (SSSR count). The number of ether oxygens (including phenoxy) is 1. The van der Waals surface area contributed by atoms with Crippen molar-refractivity contribution in [3.63, 3.8) is 0 Å². The van der Waals surface area contributed by atoms with E-state index in [0.717, 1.165) is 18.4 Å². The maximum absolute atomic E-state index is 12.7. The number of amides is 3. The molecule has 1 N–H and O–H groups in total. The molecule has 10 nitrogen and oxygen atoms in total. The summed E-state index contributed by atoms with van der Waals surface area (Å²) in [5, 5.41) is 10.4. The molecule has 2 aliphatic rings. The molecule has 0 aliphatic carbocycles. The maximum atomic E-state index is 12.7. The highest BCUT2D eigenvalue weighted by molar-refractivity contribution is 7.90. The molecule has 1 saturated heterocycles. The summed E-state index contributed by atoms with van der Waals surface area (Å²) in [5.41, 5.74) is 1.53. The first-order valence-corrected chi connectivity index (χ1v) is 13.2. The minimum atomic E-state index is -3.29. The number of anilines is 2. The van der Waals surface area contributed by atoms with Crippen molar-refractivity contribution in [2.75, 3.05) is 42.7 Å². The van der Waals surface area contributed by atoms with Crippen molar-refractivity contribution in [1.82, 2.24) is 15.1 Å². The van der Waals surface area contributed by atoms with Crippen LogP contribution >= 0.6 is 0 Å². The van der Waals surface area contributed by atoms with Gasteiger partial charge in [0.25, 0.3) is 0 Å². The Balaban J connectivity index is 1.25. The Morgan fingerprint density at radius 1 is 1.21 bits per heavy atom. The number of sulfone groups is 1. The molecule has 0 spiro atoms. The van der Waals surface area contributed by atoms with Crippen LogP contribution in [0.1, 0.15) is 25.3 Å². The van der Waals surface area contributed by atoms with Gasteiger partial charge in [0, 0.05) is 32.1 Å². The predicted octanol–water partition coefficient (Wildman–Crippen LogP) is 2.96. The van der Waals surface area contributed by atoms with E-state index in [2.05, 4.69) is 22.4 Å². The number of carbonyl (C=O) groups is 2. The van der Waals surface area contributed by atoms with Gasteiger partial charge in [0.05, 0.1) is 17.2 Å². The quantitative estimate of drug-likeness (QED) is 0.688. The fourth-order valence-corrected chi connectivity index (χ4v) is 5.12. The van der Waals surface area contributed by atoms with E-state index in [1.807, 2.05) is 0 Å². The number of aromatic nitrogens is 2. The predicted molar refractivity (Wildman–Crippen MR) is 126 cm³/mol. The van der Waals surface area contributed by atoms with Crippen molar-refractivity contribution < 1.29 is 22.7 Å². The average molecular weight is 488 g/mol. The van der Waals surface area contributed by atoms with Gasteiger partial charge in [-0.1, -0.05) is 6.92 Å². The number of nitrogens with one attached hydrogen (secondary N) is 1. The molecule has 0 bridgehead atoms. The molecule has 1 atom stereocenters. The van der Waals surface area contributed by atoms with E-state index >= 15 is 0 Å². The number of urea groups is 1. The van der Waals surface area contributed by atoms with E-state index in [1.165, 1.54) is 12.3 Å². The first-order valence-electron chi connectivity index (χ1n) is 11.3. The highest BCUT2D eigenvalue weighted by Gasteiger charge is 2.30. The number of benzene rings is 1. The summed E-state index contributed by atoms with van der Waals surface area (Å²) in [6.07, 6.45) is 4.55. The molecule has 3 heterocycles. The van der Waals surface area contributed by atoms with E-state index in [0.29, 0.717) is 50.1 Å². The Labute approximate surface area is 199 Å². The molecule has 34 heavy (non-hydrogen) atoms. The third kappa shape index (κ3) is 5.46. The van der Waals surface area contributed by atoms with Gasteiger partial charge in [-0.25, -0.2) is 18.0 Å². The summed E-state index contributed by atoms with van der Waals surface area (Å²) >= 11 is 0. The first kappa shape index (κ1) is 23.9. The molecule has 182 valence electrons. The van der Waals surface area contributed by atoms with Crippen molar-refractivity contribution in [1.29, 1.82) is 0 Å². The van der Waals surface area contributed by atoms with Gasteiger partial charge in [0.2, 0.25) is 0 Å². The van der Waals surface area contributed by atoms with Crippen molar-refractivity contribution >= 4 is 33.5 Å². The maximum Gasteiger partial charge on any atom is 0.414 e. The third-order valence-electron chi connectivity index (χ3n) is 6.50. The number of likely N-dealkylation sites (tertiary alicyclic amines) is 1. The van der Waals surface area contributed by atoms with Crippen LogP contribution < -0.4 is 10.2 Å². The lowest BCUT2D eigenvalue weighted by Gasteiger charge is -2.34. The molecule has 3 amide bonds. The zero-order valence-electron chi connectivity index (χ0n) is 19.3. The molecule has 1 aromatic heterocycles. The number of fused-ring (bicyclic) bond motifs is 1. The minimum Gasteiger partial charge on any atom is -0.449 e. The molecule has 1 fully saturated rings. The van der Waals surface area contributed by atoms with E-state index in [9.17, 15) is 18.0 Å². The van der Waals surface area contributed by atoms with Gasteiger partial charge >= 0.3 is 12.1 Å². The summed E-state index contributed by atoms with van der Waals surface area (Å²) in [6.45, 7) is 4.07. The summed E-state index contributed by atoms with van der Waals surface area (Å²) in [5.74, 6) is 0.923. The smallest absolute Gasteiger partial charge is 0.414 e. The highest BCUT2D eigenvalue weighted by Crippen LogP contribution is 2.31. The number of carbonyl (C=O) groups excluding carboxylic acids is 2. The molecule has 1 unspecified atom stereocenters. The van der Waals surface area contributed by atoms with E-state index < -0.39 is 15.9 Å². The fourth-order valence-electron chi connectivity index (χ4n) is 4.44. The van der Waals surface area contributed by atoms with Crippen molar-refractivity contribution in [2.45, 2.75) is 31.1 Å². The fraction of sp³-hybridized carbons (Fsp3) is 0.478. The lowest BCUT2D eigenvalue weighted by atomic mass is 9.86. The van der Waals surface area contributed by atoms with Crippen molar-refractivity contribution in [3.8, 4) is 0 Å². The molecule has 2 aliphatic heterocycles. The minimum absolute atomic E-state index is 0.156. The highest BCUT2D eigenvalue weighted by atomic mass is 32.2. The number of hydrogen-bond acceptors (Lipinski definition) is 7. The topological polar surface area (TPSA) is 122 Å². The lowest BCUT2D eigenvalue weighted by molar-refractivity contribution is 0.101. The van der Waals surface area contributed by atoms with Gasteiger partial charge in [-0.2, -0.15) is 5.10 Å². The van der Waals surface area contributed by atoms with E-state index in [-0.39, 0.29) is 16.8 Å². The van der Waals surface area contributed by atoms with Crippen LogP contribution in [0, 0.1) is 11.8 Å². The monoisotopic (exact) mass is 487 g/mol. The van der Waals surface area contributed by atoms with Crippen LogP contribution in [0.3, 0.4) is 0 Å². The second kappa shape index (κ2) is 9.96. The molecular formula is C23H29N5O5S. The second-order valence-corrected chi connectivity index (χ2v) is 10.9. The second-order valence-electron chi connectivity index (χ2n) is 8.88. The summed E-state index contributed by atoms with van der Waals surface area (Å²) < 4.78 is 29.2. The molecule has 0 saturated carbocycles. The summed E-state index contributed by atoms with van der Waals surface area (Å²) in [7, 11) is -3.29. The lowest BCUT2D eigenvalue weighted by Crippen LogP contribution is -2.42. The van der Waals surface area contributed by atoms with E-state index in [1.54, 1.807) is 40.3 Å². The zero-order chi connectivity index (χ0) is 24.3. The van der Waals surface area contributed by atoms with Crippen LogP contribution in [-0.2, 0) is 21.0 Å². The molecule has 11 heteroatoms. The normalized spacial score (nSPS) is 17.2. The van der Waals surface area contributed by atoms with E-state index in [4.69, 9.17) is 4.74 Å². The molecular weight excluding hydrogens is 458 g/mol.